The van der Waals surface area contributed by atoms with Crippen LogP contribution in [0.5, 0.6) is 0 Å². The number of amides is 2. The van der Waals surface area contributed by atoms with Gasteiger partial charge in [0.1, 0.15) is 11.9 Å². The number of carbonyl (C=O) groups excluding carboxylic acids is 1. The van der Waals surface area contributed by atoms with E-state index < -0.39 is 6.10 Å². The Morgan fingerprint density at radius 1 is 1.50 bits per heavy atom. The molecule has 2 amide bonds. The number of hydrogen-bond donors (Lipinski definition) is 2. The lowest BCUT2D eigenvalue weighted by atomic mass is 10.1. The lowest BCUT2D eigenvalue weighted by Gasteiger charge is -2.18. The summed E-state index contributed by atoms with van der Waals surface area (Å²) in [6, 6.07) is 4.49. The van der Waals surface area contributed by atoms with Crippen LogP contribution in [0.25, 0.3) is 0 Å². The number of halogens is 1. The minimum absolute atomic E-state index is 0.00449. The first-order valence-electron chi connectivity index (χ1n) is 7.48. The van der Waals surface area contributed by atoms with Crippen molar-refractivity contribution in [2.75, 3.05) is 13.1 Å². The van der Waals surface area contributed by atoms with E-state index in [1.807, 2.05) is 13.8 Å². The van der Waals surface area contributed by atoms with E-state index in [-0.39, 0.29) is 30.6 Å². The molecule has 22 heavy (non-hydrogen) atoms. The van der Waals surface area contributed by atoms with Crippen LogP contribution in [0, 0.1) is 12.7 Å². The third-order valence-corrected chi connectivity index (χ3v) is 3.64. The number of rotatable bonds is 4. The van der Waals surface area contributed by atoms with Crippen molar-refractivity contribution in [3.8, 4) is 0 Å². The van der Waals surface area contributed by atoms with Crippen molar-refractivity contribution < 1.29 is 19.0 Å². The molecule has 0 saturated carbocycles. The average Bonchev–Trinajstić information content (AvgIpc) is 2.80. The number of β-amino-alcohol motifs (C(OH)–C–C–N with tert-alkyl or cyclic N) is 1. The van der Waals surface area contributed by atoms with Crippen molar-refractivity contribution in [1.29, 1.82) is 0 Å². The van der Waals surface area contributed by atoms with Crippen LogP contribution in [0.3, 0.4) is 0 Å². The molecule has 1 heterocycles. The number of nitrogens with zero attached hydrogens (tertiary/aromatic N) is 1. The van der Waals surface area contributed by atoms with Gasteiger partial charge in [0.2, 0.25) is 0 Å². The third-order valence-electron chi connectivity index (χ3n) is 3.64. The molecule has 122 valence electrons. The lowest BCUT2D eigenvalue weighted by Crippen LogP contribution is -2.39. The van der Waals surface area contributed by atoms with Gasteiger partial charge in [-0.25, -0.2) is 9.18 Å². The second-order valence-corrected chi connectivity index (χ2v) is 5.94. The Morgan fingerprint density at radius 3 is 2.86 bits per heavy atom. The molecule has 2 atom stereocenters. The van der Waals surface area contributed by atoms with Gasteiger partial charge in [-0.15, -0.1) is 0 Å². The van der Waals surface area contributed by atoms with Crippen molar-refractivity contribution in [2.24, 2.45) is 0 Å². The molecule has 0 radical (unpaired) electrons. The highest BCUT2D eigenvalue weighted by molar-refractivity contribution is 5.74. The van der Waals surface area contributed by atoms with E-state index in [0.29, 0.717) is 18.7 Å². The number of hydrogen-bond acceptors (Lipinski definition) is 3. The summed E-state index contributed by atoms with van der Waals surface area (Å²) in [6.45, 7) is 6.42. The van der Waals surface area contributed by atoms with Crippen LogP contribution in [0.15, 0.2) is 18.2 Å². The number of aliphatic hydroxyl groups excluding tert-OH is 1. The maximum atomic E-state index is 13.2. The quantitative estimate of drug-likeness (QED) is 0.891. The third kappa shape index (κ3) is 4.18. The Balaban J connectivity index is 1.86. The fraction of sp³-hybridized carbons (Fsp3) is 0.562. The summed E-state index contributed by atoms with van der Waals surface area (Å²) in [5, 5.41) is 12.7. The second-order valence-electron chi connectivity index (χ2n) is 5.94. The standard InChI is InChI=1S/C16H23FN2O3/c1-10(2)22-15-9-19(8-14(15)20)16(21)18-7-12-4-5-13(17)11(3)6-12/h4-6,10,14-15,20H,7-9H2,1-3H3,(H,18,21). The zero-order chi connectivity index (χ0) is 16.3. The predicted octanol–water partition coefficient (Wildman–Crippen LogP) is 1.81. The fourth-order valence-electron chi connectivity index (χ4n) is 2.51. The van der Waals surface area contributed by atoms with Crippen LogP contribution < -0.4 is 5.32 Å². The summed E-state index contributed by atoms with van der Waals surface area (Å²) < 4.78 is 18.8. The highest BCUT2D eigenvalue weighted by atomic mass is 19.1. The highest BCUT2D eigenvalue weighted by Gasteiger charge is 2.35. The SMILES string of the molecule is Cc1cc(CNC(=O)N2CC(O)C(OC(C)C)C2)ccc1F. The molecule has 1 aromatic rings. The summed E-state index contributed by atoms with van der Waals surface area (Å²) in [5.74, 6) is -0.258. The number of carbonyl (C=O) groups is 1. The van der Waals surface area contributed by atoms with Crippen molar-refractivity contribution in [3.63, 3.8) is 0 Å². The maximum Gasteiger partial charge on any atom is 0.317 e. The van der Waals surface area contributed by atoms with Crippen LogP contribution in [0.2, 0.25) is 0 Å². The van der Waals surface area contributed by atoms with E-state index in [9.17, 15) is 14.3 Å². The summed E-state index contributed by atoms with van der Waals surface area (Å²) in [6.07, 6.45) is -1.01. The maximum absolute atomic E-state index is 13.2. The molecule has 0 bridgehead atoms. The minimum Gasteiger partial charge on any atom is -0.388 e. The zero-order valence-corrected chi connectivity index (χ0v) is 13.2. The number of urea groups is 1. The van der Waals surface area contributed by atoms with E-state index in [2.05, 4.69) is 5.32 Å². The fourth-order valence-corrected chi connectivity index (χ4v) is 2.51. The monoisotopic (exact) mass is 310 g/mol. The molecule has 6 heteroatoms. The molecule has 0 aliphatic carbocycles. The van der Waals surface area contributed by atoms with Crippen LogP contribution in [-0.4, -0.2) is 47.4 Å². The van der Waals surface area contributed by atoms with Gasteiger partial charge in [-0.2, -0.15) is 0 Å². The Morgan fingerprint density at radius 2 is 2.23 bits per heavy atom. The summed E-state index contributed by atoms with van der Waals surface area (Å²) in [7, 11) is 0. The zero-order valence-electron chi connectivity index (χ0n) is 13.2. The Hall–Kier alpha value is -1.66. The van der Waals surface area contributed by atoms with Gasteiger partial charge in [-0.3, -0.25) is 0 Å². The molecule has 5 nitrogen and oxygen atoms in total. The first kappa shape index (κ1) is 16.7. The van der Waals surface area contributed by atoms with E-state index >= 15 is 0 Å². The van der Waals surface area contributed by atoms with Gasteiger partial charge >= 0.3 is 6.03 Å². The molecule has 2 unspecified atom stereocenters. The van der Waals surface area contributed by atoms with Crippen molar-refractivity contribution in [3.05, 3.63) is 35.1 Å². The van der Waals surface area contributed by atoms with Crippen molar-refractivity contribution in [2.45, 2.75) is 45.6 Å². The van der Waals surface area contributed by atoms with E-state index in [1.165, 1.54) is 11.0 Å². The number of ether oxygens (including phenoxy) is 1. The molecular formula is C16H23FN2O3. The normalized spacial score (nSPS) is 21.5. The molecule has 0 aromatic heterocycles. The minimum atomic E-state index is -0.666. The smallest absolute Gasteiger partial charge is 0.317 e. The van der Waals surface area contributed by atoms with Gasteiger partial charge < -0.3 is 20.1 Å². The Bertz CT molecular complexity index is 536. The summed E-state index contributed by atoms with van der Waals surface area (Å²) in [4.78, 5) is 13.7. The van der Waals surface area contributed by atoms with Crippen LogP contribution in [0.1, 0.15) is 25.0 Å². The summed E-state index contributed by atoms with van der Waals surface area (Å²) >= 11 is 0. The number of likely N-dealkylation sites (tertiary alicyclic amines) is 1. The van der Waals surface area contributed by atoms with Crippen molar-refractivity contribution in [1.82, 2.24) is 10.2 Å². The molecule has 0 spiro atoms. The second kappa shape index (κ2) is 7.07. The largest absolute Gasteiger partial charge is 0.388 e. The van der Waals surface area contributed by atoms with Gasteiger partial charge in [0.05, 0.1) is 25.3 Å². The van der Waals surface area contributed by atoms with Gasteiger partial charge in [0.25, 0.3) is 0 Å². The molecule has 1 saturated heterocycles. The first-order chi connectivity index (χ1) is 10.4. The van der Waals surface area contributed by atoms with Crippen LogP contribution in [-0.2, 0) is 11.3 Å². The number of aliphatic hydroxyl groups is 1. The molecule has 2 N–H and O–H groups in total. The molecule has 1 aliphatic heterocycles. The van der Waals surface area contributed by atoms with E-state index in [0.717, 1.165) is 5.56 Å². The van der Waals surface area contributed by atoms with Crippen LogP contribution in [0.4, 0.5) is 9.18 Å². The van der Waals surface area contributed by atoms with E-state index in [4.69, 9.17) is 4.74 Å². The summed E-state index contributed by atoms with van der Waals surface area (Å²) in [5.41, 5.74) is 1.38. The van der Waals surface area contributed by atoms with E-state index in [1.54, 1.807) is 19.1 Å². The molecule has 1 aromatic carbocycles. The number of aryl methyl sites for hydroxylation is 1. The lowest BCUT2D eigenvalue weighted by molar-refractivity contribution is -0.0393. The number of nitrogens with one attached hydrogen (secondary N) is 1. The predicted molar refractivity (Wildman–Crippen MR) is 81.0 cm³/mol. The molecular weight excluding hydrogens is 287 g/mol. The number of benzene rings is 1. The van der Waals surface area contributed by atoms with Gasteiger partial charge in [0, 0.05) is 6.54 Å². The molecule has 2 rings (SSSR count). The molecule has 1 aliphatic rings. The van der Waals surface area contributed by atoms with Crippen LogP contribution >= 0.6 is 0 Å². The molecule has 1 fully saturated rings. The van der Waals surface area contributed by atoms with Gasteiger partial charge in [-0.1, -0.05) is 12.1 Å². The van der Waals surface area contributed by atoms with Crippen molar-refractivity contribution >= 4 is 6.03 Å². The first-order valence-corrected chi connectivity index (χ1v) is 7.48. The topological polar surface area (TPSA) is 61.8 Å². The Kier molecular flexibility index (Phi) is 5.37. The Labute approximate surface area is 130 Å². The van der Waals surface area contributed by atoms with Gasteiger partial charge in [0.15, 0.2) is 0 Å². The van der Waals surface area contributed by atoms with Gasteiger partial charge in [-0.05, 0) is 38.0 Å². The highest BCUT2D eigenvalue weighted by Crippen LogP contribution is 2.16. The average molecular weight is 310 g/mol.